The standard InChI is InChI=1S/C22H26N2O3/c1-27-22-21-17(14-23-22)12-18(24-20(21)15-25)13-19(26)11-7-3-6-10-16-8-4-2-5-9-16/h2,4-5,8-9,12,25H,3,6-7,10-11,13-15H2,1H3. The number of ketones is 1. The molecule has 0 aliphatic carbocycles. The van der Waals surface area contributed by atoms with Crippen LogP contribution in [0.1, 0.15) is 53.8 Å². The van der Waals surface area contributed by atoms with Crippen LogP contribution in [0.25, 0.3) is 0 Å². The molecule has 5 heteroatoms. The van der Waals surface area contributed by atoms with Gasteiger partial charge < -0.3 is 9.84 Å². The van der Waals surface area contributed by atoms with Crippen LogP contribution in [0, 0.1) is 0 Å². The number of aliphatic imine (C=N–C) groups is 1. The van der Waals surface area contributed by atoms with Crippen LogP contribution in [0.2, 0.25) is 0 Å². The summed E-state index contributed by atoms with van der Waals surface area (Å²) in [4.78, 5) is 21.1. The van der Waals surface area contributed by atoms with E-state index in [1.165, 1.54) is 5.56 Å². The maximum Gasteiger partial charge on any atom is 0.218 e. The highest BCUT2D eigenvalue weighted by molar-refractivity contribution is 5.98. The van der Waals surface area contributed by atoms with Gasteiger partial charge in [-0.15, -0.1) is 0 Å². The van der Waals surface area contributed by atoms with Gasteiger partial charge in [-0.2, -0.15) is 0 Å². The van der Waals surface area contributed by atoms with Gasteiger partial charge in [-0.25, -0.2) is 4.99 Å². The minimum Gasteiger partial charge on any atom is -0.481 e. The van der Waals surface area contributed by atoms with Crippen LogP contribution in [0.4, 0.5) is 0 Å². The van der Waals surface area contributed by atoms with E-state index in [0.29, 0.717) is 36.7 Å². The first-order valence-corrected chi connectivity index (χ1v) is 9.48. The Labute approximate surface area is 160 Å². The second-order valence-corrected chi connectivity index (χ2v) is 6.84. The maximum atomic E-state index is 12.3. The van der Waals surface area contributed by atoms with E-state index in [9.17, 15) is 9.90 Å². The van der Waals surface area contributed by atoms with Crippen molar-refractivity contribution in [3.8, 4) is 0 Å². The van der Waals surface area contributed by atoms with Gasteiger partial charge in [-0.05, 0) is 36.5 Å². The fourth-order valence-corrected chi connectivity index (χ4v) is 3.48. The molecule has 0 bridgehead atoms. The number of aliphatic hydroxyl groups is 1. The summed E-state index contributed by atoms with van der Waals surface area (Å²) in [7, 11) is 1.56. The van der Waals surface area contributed by atoms with Gasteiger partial charge in [0.05, 0.1) is 31.5 Å². The van der Waals surface area contributed by atoms with Gasteiger partial charge in [0.1, 0.15) is 5.78 Å². The predicted octanol–water partition coefficient (Wildman–Crippen LogP) is 3.40. The minimum atomic E-state index is -0.188. The molecule has 142 valence electrons. The summed E-state index contributed by atoms with van der Waals surface area (Å²) in [6.07, 6.45) is 4.98. The SMILES string of the molecule is COC1=NCc2cc(CC(=O)CCCCCc3ccccc3)nc(CO)c21. The van der Waals surface area contributed by atoms with Crippen molar-refractivity contribution in [2.24, 2.45) is 4.99 Å². The van der Waals surface area contributed by atoms with E-state index >= 15 is 0 Å². The lowest BCUT2D eigenvalue weighted by molar-refractivity contribution is -0.118. The Hall–Kier alpha value is -2.53. The van der Waals surface area contributed by atoms with Crippen LogP contribution in [0.3, 0.4) is 0 Å². The Morgan fingerprint density at radius 2 is 2.00 bits per heavy atom. The van der Waals surface area contributed by atoms with E-state index in [4.69, 9.17) is 4.74 Å². The van der Waals surface area contributed by atoms with Crippen molar-refractivity contribution >= 4 is 11.7 Å². The molecule has 2 heterocycles. The summed E-state index contributed by atoms with van der Waals surface area (Å²) in [6, 6.07) is 12.3. The Kier molecular flexibility index (Phi) is 6.71. The molecule has 0 spiro atoms. The number of carbonyl (C=O) groups is 1. The molecule has 0 amide bonds. The zero-order valence-corrected chi connectivity index (χ0v) is 15.8. The average molecular weight is 366 g/mol. The lowest BCUT2D eigenvalue weighted by Gasteiger charge is -2.10. The average Bonchev–Trinajstić information content (AvgIpc) is 3.11. The van der Waals surface area contributed by atoms with Crippen molar-refractivity contribution in [2.75, 3.05) is 7.11 Å². The number of methoxy groups -OCH3 is 1. The van der Waals surface area contributed by atoms with Crippen molar-refractivity contribution < 1.29 is 14.6 Å². The van der Waals surface area contributed by atoms with Gasteiger partial charge in [0.2, 0.25) is 5.90 Å². The van der Waals surface area contributed by atoms with Gasteiger partial charge in [-0.3, -0.25) is 9.78 Å². The third-order valence-electron chi connectivity index (χ3n) is 4.82. The molecule has 5 nitrogen and oxygen atoms in total. The Morgan fingerprint density at radius 3 is 2.74 bits per heavy atom. The van der Waals surface area contributed by atoms with Crippen molar-refractivity contribution in [3.05, 3.63) is 64.5 Å². The highest BCUT2D eigenvalue weighted by atomic mass is 16.5. The van der Waals surface area contributed by atoms with E-state index < -0.39 is 0 Å². The lowest BCUT2D eigenvalue weighted by atomic mass is 10.0. The number of pyridine rings is 1. The number of aryl methyl sites for hydroxylation is 1. The zero-order valence-electron chi connectivity index (χ0n) is 15.8. The molecule has 2 aromatic rings. The number of rotatable bonds is 9. The minimum absolute atomic E-state index is 0.188. The third kappa shape index (κ3) is 5.01. The molecule has 1 N–H and O–H groups in total. The van der Waals surface area contributed by atoms with Gasteiger partial charge in [0.25, 0.3) is 0 Å². The Morgan fingerprint density at radius 1 is 1.19 bits per heavy atom. The molecule has 0 saturated heterocycles. The van der Waals surface area contributed by atoms with Crippen molar-refractivity contribution in [2.45, 2.75) is 51.7 Å². The van der Waals surface area contributed by atoms with Gasteiger partial charge in [0, 0.05) is 18.5 Å². The van der Waals surface area contributed by atoms with Crippen LogP contribution in [-0.4, -0.2) is 28.9 Å². The molecule has 3 rings (SSSR count). The summed E-state index contributed by atoms with van der Waals surface area (Å²) in [5.41, 5.74) is 4.34. The molecule has 1 aliphatic rings. The van der Waals surface area contributed by atoms with E-state index in [1.807, 2.05) is 12.1 Å². The van der Waals surface area contributed by atoms with Crippen molar-refractivity contribution in [1.82, 2.24) is 4.98 Å². The normalized spacial score (nSPS) is 12.6. The second kappa shape index (κ2) is 9.42. The van der Waals surface area contributed by atoms with E-state index in [1.54, 1.807) is 7.11 Å². The van der Waals surface area contributed by atoms with Crippen LogP contribution in [-0.2, 0) is 35.5 Å². The van der Waals surface area contributed by atoms with E-state index in [2.05, 4.69) is 34.2 Å². The highest BCUT2D eigenvalue weighted by Gasteiger charge is 2.23. The Balaban J connectivity index is 1.47. The van der Waals surface area contributed by atoms with Crippen LogP contribution < -0.4 is 0 Å². The van der Waals surface area contributed by atoms with Crippen LogP contribution >= 0.6 is 0 Å². The molecule has 0 atom stereocenters. The molecule has 0 radical (unpaired) electrons. The molecule has 27 heavy (non-hydrogen) atoms. The first kappa shape index (κ1) is 19.2. The molecular formula is C22H26N2O3. The fourth-order valence-electron chi connectivity index (χ4n) is 3.48. The van der Waals surface area contributed by atoms with Crippen molar-refractivity contribution in [1.29, 1.82) is 0 Å². The molecule has 0 fully saturated rings. The molecule has 0 unspecified atom stereocenters. The molecule has 1 aromatic heterocycles. The first-order valence-electron chi connectivity index (χ1n) is 9.48. The number of hydrogen-bond donors (Lipinski definition) is 1. The van der Waals surface area contributed by atoms with Gasteiger partial charge in [0.15, 0.2) is 0 Å². The highest BCUT2D eigenvalue weighted by Crippen LogP contribution is 2.24. The fraction of sp³-hybridized carbons (Fsp3) is 0.409. The monoisotopic (exact) mass is 366 g/mol. The number of aromatic nitrogens is 1. The van der Waals surface area contributed by atoms with Crippen molar-refractivity contribution in [3.63, 3.8) is 0 Å². The molecule has 1 aliphatic heterocycles. The van der Waals surface area contributed by atoms with Crippen LogP contribution in [0.5, 0.6) is 0 Å². The first-order chi connectivity index (χ1) is 13.2. The third-order valence-corrected chi connectivity index (χ3v) is 4.82. The molecule has 1 aromatic carbocycles. The smallest absolute Gasteiger partial charge is 0.218 e. The van der Waals surface area contributed by atoms with Gasteiger partial charge in [-0.1, -0.05) is 36.8 Å². The summed E-state index contributed by atoms with van der Waals surface area (Å²) in [6.45, 7) is 0.320. The predicted molar refractivity (Wildman–Crippen MR) is 105 cm³/mol. The van der Waals surface area contributed by atoms with Crippen LogP contribution in [0.15, 0.2) is 41.4 Å². The number of fused-ring (bicyclic) bond motifs is 1. The van der Waals surface area contributed by atoms with E-state index in [0.717, 1.165) is 36.8 Å². The summed E-state index contributed by atoms with van der Waals surface area (Å²) >= 11 is 0. The van der Waals surface area contributed by atoms with E-state index in [-0.39, 0.29) is 12.4 Å². The zero-order chi connectivity index (χ0) is 19.1. The topological polar surface area (TPSA) is 71.8 Å². The number of nitrogens with zero attached hydrogens (tertiary/aromatic N) is 2. The molecular weight excluding hydrogens is 340 g/mol. The number of ether oxygens (including phenoxy) is 1. The second-order valence-electron chi connectivity index (χ2n) is 6.84. The Bertz CT molecular complexity index is 816. The number of carbonyl (C=O) groups excluding carboxylic acids is 1. The number of Topliss-reactive ketones (excluding diaryl/α,β-unsaturated/α-hetero) is 1. The number of aliphatic hydroxyl groups excluding tert-OH is 1. The van der Waals surface area contributed by atoms with Gasteiger partial charge >= 0.3 is 0 Å². The number of benzene rings is 1. The maximum absolute atomic E-state index is 12.3. The summed E-state index contributed by atoms with van der Waals surface area (Å²) in [5.74, 6) is 0.703. The lowest BCUT2D eigenvalue weighted by Crippen LogP contribution is -2.12. The number of hydrogen-bond acceptors (Lipinski definition) is 5. The summed E-state index contributed by atoms with van der Waals surface area (Å²) < 4.78 is 5.24. The number of unbranched alkanes of at least 4 members (excludes halogenated alkanes) is 2. The molecule has 0 saturated carbocycles. The summed E-state index contributed by atoms with van der Waals surface area (Å²) in [5, 5.41) is 9.61. The quantitative estimate of drug-likeness (QED) is 0.691. The largest absolute Gasteiger partial charge is 0.481 e.